The molecule has 1 nitrogen and oxygen atoms in total. The summed E-state index contributed by atoms with van der Waals surface area (Å²) in [5, 5.41) is 3.30. The Hall–Kier alpha value is -1.47. The van der Waals surface area contributed by atoms with Gasteiger partial charge in [0.2, 0.25) is 0 Å². The molecular formula is C16H20F3N. The van der Waals surface area contributed by atoms with Gasteiger partial charge in [-0.1, -0.05) is 25.1 Å². The van der Waals surface area contributed by atoms with Gasteiger partial charge in [-0.05, 0) is 37.4 Å². The summed E-state index contributed by atoms with van der Waals surface area (Å²) in [7, 11) is 0. The Morgan fingerprint density at radius 1 is 1.35 bits per heavy atom. The second-order valence-corrected chi connectivity index (χ2v) is 4.75. The van der Waals surface area contributed by atoms with Crippen molar-refractivity contribution >= 4 is 0 Å². The molecule has 1 aromatic rings. The van der Waals surface area contributed by atoms with Crippen LogP contribution in [0.5, 0.6) is 0 Å². The molecular weight excluding hydrogens is 263 g/mol. The zero-order chi connectivity index (χ0) is 15.0. The zero-order valence-electron chi connectivity index (χ0n) is 11.6. The van der Waals surface area contributed by atoms with Crippen LogP contribution in [-0.2, 0) is 12.6 Å². The first-order valence-electron chi connectivity index (χ1n) is 6.80. The van der Waals surface area contributed by atoms with Crippen LogP contribution in [-0.4, -0.2) is 12.6 Å². The number of rotatable bonds is 7. The van der Waals surface area contributed by atoms with Crippen molar-refractivity contribution in [2.45, 2.75) is 44.8 Å². The van der Waals surface area contributed by atoms with Crippen LogP contribution in [0, 0.1) is 12.3 Å². The number of benzene rings is 1. The molecule has 0 aliphatic heterocycles. The molecule has 1 aromatic carbocycles. The van der Waals surface area contributed by atoms with E-state index in [1.54, 1.807) is 6.07 Å². The Morgan fingerprint density at radius 3 is 2.70 bits per heavy atom. The Balaban J connectivity index is 2.70. The van der Waals surface area contributed by atoms with Crippen LogP contribution < -0.4 is 5.32 Å². The second kappa shape index (κ2) is 7.96. The minimum Gasteiger partial charge on any atom is -0.314 e. The lowest BCUT2D eigenvalue weighted by Gasteiger charge is -2.18. The van der Waals surface area contributed by atoms with E-state index in [9.17, 15) is 13.2 Å². The maximum absolute atomic E-state index is 12.7. The van der Waals surface area contributed by atoms with Crippen molar-refractivity contribution in [2.75, 3.05) is 6.54 Å². The van der Waals surface area contributed by atoms with Gasteiger partial charge in [0.15, 0.2) is 0 Å². The first kappa shape index (κ1) is 16.6. The Bertz CT molecular complexity index is 446. The number of halogens is 3. The fourth-order valence-corrected chi connectivity index (χ4v) is 2.17. The number of terminal acetylenes is 1. The van der Waals surface area contributed by atoms with Crippen molar-refractivity contribution < 1.29 is 13.2 Å². The molecule has 4 heteroatoms. The molecule has 0 radical (unpaired) electrons. The van der Waals surface area contributed by atoms with Crippen LogP contribution in [0.1, 0.15) is 37.3 Å². The summed E-state index contributed by atoms with van der Waals surface area (Å²) in [6, 6.07) is 5.69. The maximum atomic E-state index is 12.7. The first-order valence-corrected chi connectivity index (χ1v) is 6.80. The molecule has 0 saturated heterocycles. The van der Waals surface area contributed by atoms with Crippen molar-refractivity contribution in [1.82, 2.24) is 5.32 Å². The highest BCUT2D eigenvalue weighted by Gasteiger charge is 2.30. The summed E-state index contributed by atoms with van der Waals surface area (Å²) < 4.78 is 38.0. The predicted molar refractivity (Wildman–Crippen MR) is 75.3 cm³/mol. The lowest BCUT2D eigenvalue weighted by molar-refractivity contribution is -0.137. The lowest BCUT2D eigenvalue weighted by atomic mass is 9.99. The quantitative estimate of drug-likeness (QED) is 0.588. The van der Waals surface area contributed by atoms with Crippen LogP contribution in [0.15, 0.2) is 24.3 Å². The number of hydrogen-bond acceptors (Lipinski definition) is 1. The average molecular weight is 283 g/mol. The zero-order valence-corrected chi connectivity index (χ0v) is 11.6. The summed E-state index contributed by atoms with van der Waals surface area (Å²) in [6.45, 7) is 2.78. The summed E-state index contributed by atoms with van der Waals surface area (Å²) in [6.07, 6.45) is 3.96. The highest BCUT2D eigenvalue weighted by Crippen LogP contribution is 2.29. The van der Waals surface area contributed by atoms with E-state index in [1.165, 1.54) is 12.1 Å². The largest absolute Gasteiger partial charge is 0.416 e. The lowest BCUT2D eigenvalue weighted by Crippen LogP contribution is -2.31. The van der Waals surface area contributed by atoms with Crippen LogP contribution in [0.3, 0.4) is 0 Å². The van der Waals surface area contributed by atoms with E-state index in [1.807, 2.05) is 6.92 Å². The van der Waals surface area contributed by atoms with E-state index in [0.717, 1.165) is 25.5 Å². The van der Waals surface area contributed by atoms with Gasteiger partial charge in [0.1, 0.15) is 0 Å². The highest BCUT2D eigenvalue weighted by atomic mass is 19.4. The number of likely N-dealkylation sites (N-methyl/N-ethyl adjacent to an activating group) is 1. The third kappa shape index (κ3) is 5.66. The van der Waals surface area contributed by atoms with E-state index >= 15 is 0 Å². The SMILES string of the molecule is C#CCCCC(Cc1cccc(C(F)(F)F)c1)NCC. The predicted octanol–water partition coefficient (Wildman–Crippen LogP) is 4.03. The molecule has 0 spiro atoms. The summed E-state index contributed by atoms with van der Waals surface area (Å²) in [5.74, 6) is 2.58. The molecule has 0 aliphatic rings. The van der Waals surface area contributed by atoms with Gasteiger partial charge in [0.25, 0.3) is 0 Å². The first-order chi connectivity index (χ1) is 9.47. The number of nitrogens with one attached hydrogen (secondary N) is 1. The molecule has 0 aromatic heterocycles. The van der Waals surface area contributed by atoms with Crippen molar-refractivity contribution in [3.8, 4) is 12.3 Å². The smallest absolute Gasteiger partial charge is 0.314 e. The summed E-state index contributed by atoms with van der Waals surface area (Å²) in [5.41, 5.74) is 0.111. The molecule has 1 atom stereocenters. The van der Waals surface area contributed by atoms with Crippen molar-refractivity contribution in [3.05, 3.63) is 35.4 Å². The number of hydrogen-bond donors (Lipinski definition) is 1. The number of unbranched alkanes of at least 4 members (excludes halogenated alkanes) is 1. The molecule has 0 heterocycles. The Kier molecular flexibility index (Phi) is 6.60. The van der Waals surface area contributed by atoms with E-state index in [2.05, 4.69) is 11.2 Å². The second-order valence-electron chi connectivity index (χ2n) is 4.75. The fourth-order valence-electron chi connectivity index (χ4n) is 2.17. The Morgan fingerprint density at radius 2 is 2.10 bits per heavy atom. The molecule has 110 valence electrons. The van der Waals surface area contributed by atoms with E-state index in [-0.39, 0.29) is 6.04 Å². The minimum absolute atomic E-state index is 0.164. The van der Waals surface area contributed by atoms with E-state index in [4.69, 9.17) is 6.42 Å². The van der Waals surface area contributed by atoms with Gasteiger partial charge < -0.3 is 5.32 Å². The minimum atomic E-state index is -4.28. The van der Waals surface area contributed by atoms with Gasteiger partial charge in [0.05, 0.1) is 5.56 Å². The average Bonchev–Trinajstić information content (AvgIpc) is 2.38. The molecule has 0 aliphatic carbocycles. The normalized spacial score (nSPS) is 12.9. The van der Waals surface area contributed by atoms with E-state index < -0.39 is 11.7 Å². The van der Waals surface area contributed by atoms with Crippen molar-refractivity contribution in [3.63, 3.8) is 0 Å². The maximum Gasteiger partial charge on any atom is 0.416 e. The molecule has 1 rings (SSSR count). The van der Waals surface area contributed by atoms with Crippen LogP contribution >= 0.6 is 0 Å². The molecule has 0 saturated carbocycles. The summed E-state index contributed by atoms with van der Waals surface area (Å²) >= 11 is 0. The van der Waals surface area contributed by atoms with Crippen molar-refractivity contribution in [2.24, 2.45) is 0 Å². The molecule has 0 bridgehead atoms. The number of alkyl halides is 3. The third-order valence-electron chi connectivity index (χ3n) is 3.10. The highest BCUT2D eigenvalue weighted by molar-refractivity contribution is 5.26. The van der Waals surface area contributed by atoms with Gasteiger partial charge in [-0.25, -0.2) is 0 Å². The Labute approximate surface area is 118 Å². The van der Waals surface area contributed by atoms with Crippen molar-refractivity contribution in [1.29, 1.82) is 0 Å². The summed E-state index contributed by atoms with van der Waals surface area (Å²) in [4.78, 5) is 0. The molecule has 0 fully saturated rings. The molecule has 1 N–H and O–H groups in total. The van der Waals surface area contributed by atoms with Crippen LogP contribution in [0.4, 0.5) is 13.2 Å². The van der Waals surface area contributed by atoms with Gasteiger partial charge >= 0.3 is 6.18 Å². The van der Waals surface area contributed by atoms with Gasteiger partial charge in [0, 0.05) is 12.5 Å². The monoisotopic (exact) mass is 283 g/mol. The molecule has 20 heavy (non-hydrogen) atoms. The fraction of sp³-hybridized carbons (Fsp3) is 0.500. The van der Waals surface area contributed by atoms with Crippen LogP contribution in [0.25, 0.3) is 0 Å². The van der Waals surface area contributed by atoms with Crippen LogP contribution in [0.2, 0.25) is 0 Å². The van der Waals surface area contributed by atoms with Gasteiger partial charge in [-0.15, -0.1) is 12.3 Å². The topological polar surface area (TPSA) is 12.0 Å². The van der Waals surface area contributed by atoms with Gasteiger partial charge in [-0.3, -0.25) is 0 Å². The third-order valence-corrected chi connectivity index (χ3v) is 3.10. The molecule has 0 amide bonds. The standard InChI is InChI=1S/C16H20F3N/c1-3-5-6-10-15(20-4-2)12-13-8-7-9-14(11-13)16(17,18)19/h1,7-9,11,15,20H,4-6,10,12H2,2H3. The van der Waals surface area contributed by atoms with E-state index in [0.29, 0.717) is 18.4 Å². The molecule has 1 unspecified atom stereocenters. The van der Waals surface area contributed by atoms with Gasteiger partial charge in [-0.2, -0.15) is 13.2 Å².